The largest absolute Gasteiger partial charge is 0.383 e. The van der Waals surface area contributed by atoms with Crippen LogP contribution in [0.15, 0.2) is 12.4 Å². The fraction of sp³-hybridized carbons (Fsp3) is 0.692. The maximum atomic E-state index is 8.61. The lowest BCUT2D eigenvalue weighted by atomic mass is 9.88. The average Bonchev–Trinajstić information content (AvgIpc) is 2.80. The van der Waals surface area contributed by atoms with E-state index in [-0.39, 0.29) is 5.41 Å². The summed E-state index contributed by atoms with van der Waals surface area (Å²) in [6, 6.07) is 2.19. The Balaban J connectivity index is 2.38. The molecule has 0 fully saturated rings. The molecule has 0 aromatic carbocycles. The molecule has 0 radical (unpaired) electrons. The predicted molar refractivity (Wildman–Crippen MR) is 71.2 cm³/mol. The molecule has 0 bridgehead atoms. The van der Waals surface area contributed by atoms with E-state index in [1.807, 2.05) is 17.1 Å². The second-order valence-corrected chi connectivity index (χ2v) is 5.16. The first-order valence-corrected chi connectivity index (χ1v) is 6.19. The van der Waals surface area contributed by atoms with Gasteiger partial charge in [0.05, 0.1) is 31.1 Å². The Morgan fingerprint density at radius 3 is 3.00 bits per heavy atom. The maximum absolute atomic E-state index is 8.61. The van der Waals surface area contributed by atoms with Crippen LogP contribution in [0, 0.1) is 16.7 Å². The van der Waals surface area contributed by atoms with Gasteiger partial charge in [-0.05, 0) is 11.8 Å². The Kier molecular flexibility index (Phi) is 5.66. The van der Waals surface area contributed by atoms with E-state index in [1.165, 1.54) is 0 Å². The van der Waals surface area contributed by atoms with Gasteiger partial charge in [0.1, 0.15) is 0 Å². The standard InChI is InChI=1S/C13H22N4O/c1-13(2,5-4-6-14)11-15-12-9-16-17(10-12)7-8-18-3/h9-10,15H,4-5,7-8,11H2,1-3H3. The Bertz CT molecular complexity index is 392. The molecule has 5 nitrogen and oxygen atoms in total. The Labute approximate surface area is 109 Å². The molecule has 0 saturated carbocycles. The first-order chi connectivity index (χ1) is 8.57. The third kappa shape index (κ3) is 5.19. The number of ether oxygens (including phenoxy) is 1. The first-order valence-electron chi connectivity index (χ1n) is 6.19. The molecule has 0 atom stereocenters. The van der Waals surface area contributed by atoms with E-state index in [0.717, 1.165) is 25.2 Å². The van der Waals surface area contributed by atoms with E-state index in [9.17, 15) is 0 Å². The maximum Gasteiger partial charge on any atom is 0.0726 e. The molecule has 0 spiro atoms. The highest BCUT2D eigenvalue weighted by Crippen LogP contribution is 2.22. The number of rotatable bonds is 8. The molecule has 1 N–H and O–H groups in total. The van der Waals surface area contributed by atoms with Crippen LogP contribution in [0.4, 0.5) is 5.69 Å². The minimum Gasteiger partial charge on any atom is -0.383 e. The van der Waals surface area contributed by atoms with Crippen molar-refractivity contribution in [1.82, 2.24) is 9.78 Å². The van der Waals surface area contributed by atoms with Crippen molar-refractivity contribution in [3.63, 3.8) is 0 Å². The van der Waals surface area contributed by atoms with Gasteiger partial charge in [0.2, 0.25) is 0 Å². The van der Waals surface area contributed by atoms with Gasteiger partial charge < -0.3 is 10.1 Å². The third-order valence-corrected chi connectivity index (χ3v) is 2.84. The minimum atomic E-state index is 0.115. The highest BCUT2D eigenvalue weighted by Gasteiger charge is 2.17. The summed E-state index contributed by atoms with van der Waals surface area (Å²) in [4.78, 5) is 0. The van der Waals surface area contributed by atoms with Crippen molar-refractivity contribution in [2.45, 2.75) is 33.2 Å². The fourth-order valence-electron chi connectivity index (χ4n) is 1.59. The van der Waals surface area contributed by atoms with Gasteiger partial charge in [0.15, 0.2) is 0 Å². The van der Waals surface area contributed by atoms with Crippen molar-refractivity contribution in [1.29, 1.82) is 5.26 Å². The number of nitrogens with zero attached hydrogens (tertiary/aromatic N) is 3. The molecule has 1 aromatic rings. The lowest BCUT2D eigenvalue weighted by Crippen LogP contribution is -2.22. The SMILES string of the molecule is COCCn1cc(NCC(C)(C)CCC#N)cn1. The Morgan fingerprint density at radius 1 is 1.56 bits per heavy atom. The van der Waals surface area contributed by atoms with Gasteiger partial charge in [-0.3, -0.25) is 4.68 Å². The zero-order valence-corrected chi connectivity index (χ0v) is 11.4. The van der Waals surface area contributed by atoms with Gasteiger partial charge in [-0.25, -0.2) is 0 Å². The van der Waals surface area contributed by atoms with Gasteiger partial charge in [0.25, 0.3) is 0 Å². The second kappa shape index (κ2) is 7.02. The summed E-state index contributed by atoms with van der Waals surface area (Å²) in [6.07, 6.45) is 5.28. The van der Waals surface area contributed by atoms with Crippen LogP contribution >= 0.6 is 0 Å². The van der Waals surface area contributed by atoms with Gasteiger partial charge in [-0.2, -0.15) is 10.4 Å². The number of nitriles is 1. The number of hydrogen-bond donors (Lipinski definition) is 1. The van der Waals surface area contributed by atoms with Gasteiger partial charge in [0, 0.05) is 26.3 Å². The number of nitrogens with one attached hydrogen (secondary N) is 1. The first kappa shape index (κ1) is 14.5. The zero-order valence-electron chi connectivity index (χ0n) is 11.4. The van der Waals surface area contributed by atoms with Crippen molar-refractivity contribution in [2.75, 3.05) is 25.6 Å². The molecular weight excluding hydrogens is 228 g/mol. The smallest absolute Gasteiger partial charge is 0.0726 e. The van der Waals surface area contributed by atoms with Crippen LogP contribution in [0.3, 0.4) is 0 Å². The number of hydrogen-bond acceptors (Lipinski definition) is 4. The Hall–Kier alpha value is -1.54. The van der Waals surface area contributed by atoms with Crippen LogP contribution in [-0.2, 0) is 11.3 Å². The quantitative estimate of drug-likeness (QED) is 0.768. The van der Waals surface area contributed by atoms with E-state index in [1.54, 1.807) is 7.11 Å². The summed E-state index contributed by atoms with van der Waals surface area (Å²) >= 11 is 0. The van der Waals surface area contributed by atoms with Gasteiger partial charge >= 0.3 is 0 Å². The molecule has 0 aliphatic heterocycles. The molecule has 1 aromatic heterocycles. The van der Waals surface area contributed by atoms with E-state index >= 15 is 0 Å². The molecule has 0 aliphatic carbocycles. The molecule has 0 unspecified atom stereocenters. The average molecular weight is 250 g/mol. The van der Waals surface area contributed by atoms with E-state index in [2.05, 4.69) is 30.3 Å². The lowest BCUT2D eigenvalue weighted by molar-refractivity contribution is 0.183. The topological polar surface area (TPSA) is 62.9 Å². The van der Waals surface area contributed by atoms with Crippen LogP contribution < -0.4 is 5.32 Å². The number of anilines is 1. The summed E-state index contributed by atoms with van der Waals surface area (Å²) in [5.41, 5.74) is 1.13. The van der Waals surface area contributed by atoms with Crippen molar-refractivity contribution < 1.29 is 4.74 Å². The van der Waals surface area contributed by atoms with Crippen molar-refractivity contribution >= 4 is 5.69 Å². The molecule has 100 valence electrons. The third-order valence-electron chi connectivity index (χ3n) is 2.84. The fourth-order valence-corrected chi connectivity index (χ4v) is 1.59. The Morgan fingerprint density at radius 2 is 2.33 bits per heavy atom. The van der Waals surface area contributed by atoms with Gasteiger partial charge in [-0.15, -0.1) is 0 Å². The predicted octanol–water partition coefficient (Wildman–Crippen LogP) is 2.27. The van der Waals surface area contributed by atoms with E-state index < -0.39 is 0 Å². The molecule has 5 heteroatoms. The normalized spacial score (nSPS) is 11.2. The van der Waals surface area contributed by atoms with Gasteiger partial charge in [-0.1, -0.05) is 13.8 Å². The molecule has 0 amide bonds. The van der Waals surface area contributed by atoms with E-state index in [0.29, 0.717) is 13.0 Å². The zero-order chi connectivity index (χ0) is 13.4. The lowest BCUT2D eigenvalue weighted by Gasteiger charge is -2.23. The van der Waals surface area contributed by atoms with E-state index in [4.69, 9.17) is 10.00 Å². The highest BCUT2D eigenvalue weighted by molar-refractivity contribution is 5.38. The second-order valence-electron chi connectivity index (χ2n) is 5.16. The summed E-state index contributed by atoms with van der Waals surface area (Å²) < 4.78 is 6.86. The van der Waals surface area contributed by atoms with Crippen LogP contribution in [0.5, 0.6) is 0 Å². The molecule has 1 rings (SSSR count). The van der Waals surface area contributed by atoms with Crippen molar-refractivity contribution in [2.24, 2.45) is 5.41 Å². The summed E-state index contributed by atoms with van der Waals surface area (Å²) in [5, 5.41) is 16.2. The van der Waals surface area contributed by atoms with Crippen LogP contribution in [0.25, 0.3) is 0 Å². The van der Waals surface area contributed by atoms with Crippen LogP contribution in [0.2, 0.25) is 0 Å². The summed E-state index contributed by atoms with van der Waals surface area (Å²) in [7, 11) is 1.68. The minimum absolute atomic E-state index is 0.115. The van der Waals surface area contributed by atoms with Crippen LogP contribution in [-0.4, -0.2) is 30.0 Å². The van der Waals surface area contributed by atoms with Crippen molar-refractivity contribution in [3.05, 3.63) is 12.4 Å². The molecule has 0 aliphatic rings. The monoisotopic (exact) mass is 250 g/mol. The number of aromatic nitrogens is 2. The molecule has 1 heterocycles. The summed E-state index contributed by atoms with van der Waals surface area (Å²) in [6.45, 7) is 6.58. The molecular formula is C13H22N4O. The van der Waals surface area contributed by atoms with Crippen LogP contribution in [0.1, 0.15) is 26.7 Å². The molecule has 0 saturated heterocycles. The summed E-state index contributed by atoms with van der Waals surface area (Å²) in [5.74, 6) is 0. The molecule has 18 heavy (non-hydrogen) atoms. The highest BCUT2D eigenvalue weighted by atomic mass is 16.5. The number of methoxy groups -OCH3 is 1. The van der Waals surface area contributed by atoms with Crippen molar-refractivity contribution in [3.8, 4) is 6.07 Å².